The molecule has 0 aromatic heterocycles. The molecule has 4 fully saturated rings. The third-order valence-corrected chi connectivity index (χ3v) is 5.19. The number of hydrogen-bond acceptors (Lipinski definition) is 2. The van der Waals surface area contributed by atoms with Crippen LogP contribution in [0, 0.1) is 35.5 Å². The number of hydrogen-bond donors (Lipinski definition) is 0. The highest BCUT2D eigenvalue weighted by molar-refractivity contribution is 5.26. The van der Waals surface area contributed by atoms with E-state index in [0.717, 1.165) is 35.5 Å². The van der Waals surface area contributed by atoms with Crippen LogP contribution in [0.3, 0.4) is 0 Å². The van der Waals surface area contributed by atoms with Crippen molar-refractivity contribution in [3.8, 4) is 0 Å². The lowest BCUT2D eigenvalue weighted by Gasteiger charge is -2.36. The van der Waals surface area contributed by atoms with E-state index in [4.69, 9.17) is 9.47 Å². The van der Waals surface area contributed by atoms with Crippen LogP contribution in [0.25, 0.3) is 0 Å². The maximum atomic E-state index is 5.71. The average molecular weight is 180 g/mol. The summed E-state index contributed by atoms with van der Waals surface area (Å²) in [5, 5.41) is 0. The Morgan fingerprint density at radius 2 is 1.23 bits per heavy atom. The van der Waals surface area contributed by atoms with Gasteiger partial charge in [0.25, 0.3) is 0 Å². The first-order valence-corrected chi connectivity index (χ1v) is 5.44. The zero-order chi connectivity index (χ0) is 8.79. The summed E-state index contributed by atoms with van der Waals surface area (Å²) in [5.41, 5.74) is 0. The Morgan fingerprint density at radius 1 is 0.846 bits per heavy atom. The van der Waals surface area contributed by atoms with Gasteiger partial charge in [0.1, 0.15) is 0 Å². The molecule has 0 aromatic carbocycles. The molecule has 6 atom stereocenters. The Bertz CT molecular complexity index is 231. The fourth-order valence-electron chi connectivity index (χ4n) is 4.80. The standard InChI is InChI=1S/C11H16O2/c1-12-11(13-2)9-5-3-6(5)10(11)8-4-7(8)9/h5-10H,3-4H2,1-2H3/t5-,6+,7+,8-,9?,10?. The van der Waals surface area contributed by atoms with Gasteiger partial charge in [0.2, 0.25) is 0 Å². The zero-order valence-electron chi connectivity index (χ0n) is 8.19. The van der Waals surface area contributed by atoms with E-state index in [1.807, 2.05) is 14.2 Å². The van der Waals surface area contributed by atoms with Gasteiger partial charge in [-0.1, -0.05) is 0 Å². The summed E-state index contributed by atoms with van der Waals surface area (Å²) in [6, 6.07) is 0. The predicted molar refractivity (Wildman–Crippen MR) is 46.9 cm³/mol. The van der Waals surface area contributed by atoms with Crippen molar-refractivity contribution in [1.29, 1.82) is 0 Å². The van der Waals surface area contributed by atoms with Crippen molar-refractivity contribution >= 4 is 0 Å². The SMILES string of the molecule is COC1(OC)C2[C@H]3C[C@H]3C1[C@H]1C[C@@H]21. The lowest BCUT2D eigenvalue weighted by molar-refractivity contribution is -0.252. The number of methoxy groups -OCH3 is 2. The molecule has 4 rings (SSSR count). The molecule has 2 unspecified atom stereocenters. The molecule has 2 nitrogen and oxygen atoms in total. The fraction of sp³-hybridized carbons (Fsp3) is 1.00. The molecule has 0 saturated heterocycles. The first-order chi connectivity index (χ1) is 6.33. The summed E-state index contributed by atoms with van der Waals surface area (Å²) in [4.78, 5) is 0. The smallest absolute Gasteiger partial charge is 0.174 e. The first kappa shape index (κ1) is 7.24. The largest absolute Gasteiger partial charge is 0.353 e. The first-order valence-electron chi connectivity index (χ1n) is 5.44. The fourth-order valence-corrected chi connectivity index (χ4v) is 4.80. The van der Waals surface area contributed by atoms with E-state index in [0.29, 0.717) is 0 Å². The van der Waals surface area contributed by atoms with Gasteiger partial charge in [-0.3, -0.25) is 0 Å². The highest BCUT2D eigenvalue weighted by Gasteiger charge is 2.82. The minimum Gasteiger partial charge on any atom is -0.353 e. The molecule has 0 spiro atoms. The van der Waals surface area contributed by atoms with Gasteiger partial charge in [-0.05, 0) is 36.5 Å². The van der Waals surface area contributed by atoms with Crippen LogP contribution in [-0.2, 0) is 9.47 Å². The van der Waals surface area contributed by atoms with Crippen LogP contribution >= 0.6 is 0 Å². The monoisotopic (exact) mass is 180 g/mol. The number of fused-ring (bicyclic) bond motifs is 8. The molecular formula is C11H16O2. The predicted octanol–water partition coefficient (Wildman–Crippen LogP) is 1.51. The lowest BCUT2D eigenvalue weighted by Crippen LogP contribution is -2.43. The molecule has 0 aliphatic heterocycles. The quantitative estimate of drug-likeness (QED) is 0.600. The van der Waals surface area contributed by atoms with Crippen LogP contribution in [0.1, 0.15) is 12.8 Å². The molecule has 0 N–H and O–H groups in total. The van der Waals surface area contributed by atoms with Gasteiger partial charge in [0.15, 0.2) is 5.79 Å². The minimum absolute atomic E-state index is 0.152. The Hall–Kier alpha value is -0.0800. The molecule has 0 aromatic rings. The maximum absolute atomic E-state index is 5.71. The summed E-state index contributed by atoms with van der Waals surface area (Å²) in [6.45, 7) is 0. The summed E-state index contributed by atoms with van der Waals surface area (Å²) in [6.07, 6.45) is 2.94. The van der Waals surface area contributed by atoms with E-state index in [9.17, 15) is 0 Å². The van der Waals surface area contributed by atoms with Crippen molar-refractivity contribution in [3.05, 3.63) is 0 Å². The van der Waals surface area contributed by atoms with E-state index in [1.165, 1.54) is 12.8 Å². The van der Waals surface area contributed by atoms with Crippen molar-refractivity contribution < 1.29 is 9.47 Å². The molecule has 0 heterocycles. The Labute approximate surface area is 78.6 Å². The molecule has 4 aliphatic rings. The van der Waals surface area contributed by atoms with E-state index in [-0.39, 0.29) is 5.79 Å². The lowest BCUT2D eigenvalue weighted by atomic mass is 9.92. The van der Waals surface area contributed by atoms with Crippen LogP contribution in [0.5, 0.6) is 0 Å². The molecular weight excluding hydrogens is 164 g/mol. The average Bonchev–Trinajstić information content (AvgIpc) is 3.05. The van der Waals surface area contributed by atoms with E-state index in [2.05, 4.69) is 0 Å². The van der Waals surface area contributed by atoms with Gasteiger partial charge >= 0.3 is 0 Å². The van der Waals surface area contributed by atoms with E-state index >= 15 is 0 Å². The second kappa shape index (κ2) is 1.82. The van der Waals surface area contributed by atoms with Crippen LogP contribution in [0.15, 0.2) is 0 Å². The van der Waals surface area contributed by atoms with Gasteiger partial charge in [0, 0.05) is 26.1 Å². The third kappa shape index (κ3) is 0.556. The third-order valence-electron chi connectivity index (χ3n) is 5.19. The molecule has 2 bridgehead atoms. The van der Waals surface area contributed by atoms with E-state index < -0.39 is 0 Å². The van der Waals surface area contributed by atoms with Crippen LogP contribution in [-0.4, -0.2) is 20.0 Å². The van der Waals surface area contributed by atoms with Crippen LogP contribution in [0.2, 0.25) is 0 Å². The van der Waals surface area contributed by atoms with Gasteiger partial charge in [0.05, 0.1) is 0 Å². The van der Waals surface area contributed by atoms with Crippen LogP contribution in [0.4, 0.5) is 0 Å². The maximum Gasteiger partial charge on any atom is 0.174 e. The summed E-state index contributed by atoms with van der Waals surface area (Å²) in [7, 11) is 3.66. The second-order valence-corrected chi connectivity index (χ2v) is 5.31. The summed E-state index contributed by atoms with van der Waals surface area (Å²) >= 11 is 0. The van der Waals surface area contributed by atoms with Gasteiger partial charge in [-0.15, -0.1) is 0 Å². The number of ether oxygens (including phenoxy) is 2. The molecule has 0 amide bonds. The molecule has 13 heavy (non-hydrogen) atoms. The highest BCUT2D eigenvalue weighted by Crippen LogP contribution is 2.81. The van der Waals surface area contributed by atoms with Crippen molar-refractivity contribution in [2.45, 2.75) is 18.6 Å². The van der Waals surface area contributed by atoms with Gasteiger partial charge < -0.3 is 9.47 Å². The molecule has 2 heteroatoms. The molecule has 4 saturated carbocycles. The number of rotatable bonds is 2. The highest BCUT2D eigenvalue weighted by atomic mass is 16.7. The molecule has 0 radical (unpaired) electrons. The normalized spacial score (nSPS) is 63.2. The zero-order valence-corrected chi connectivity index (χ0v) is 8.19. The Kier molecular flexibility index (Phi) is 1.02. The molecule has 4 aliphatic carbocycles. The Morgan fingerprint density at radius 3 is 1.46 bits per heavy atom. The van der Waals surface area contributed by atoms with Gasteiger partial charge in [-0.25, -0.2) is 0 Å². The van der Waals surface area contributed by atoms with Crippen molar-refractivity contribution in [2.24, 2.45) is 35.5 Å². The van der Waals surface area contributed by atoms with Crippen molar-refractivity contribution in [2.75, 3.05) is 14.2 Å². The summed E-state index contributed by atoms with van der Waals surface area (Å²) < 4.78 is 11.4. The van der Waals surface area contributed by atoms with Crippen LogP contribution < -0.4 is 0 Å². The van der Waals surface area contributed by atoms with Crippen molar-refractivity contribution in [3.63, 3.8) is 0 Å². The minimum atomic E-state index is -0.152. The Balaban J connectivity index is 1.81. The second-order valence-electron chi connectivity index (χ2n) is 5.31. The summed E-state index contributed by atoms with van der Waals surface area (Å²) in [5.74, 6) is 5.22. The van der Waals surface area contributed by atoms with E-state index in [1.54, 1.807) is 0 Å². The van der Waals surface area contributed by atoms with Gasteiger partial charge in [-0.2, -0.15) is 0 Å². The topological polar surface area (TPSA) is 18.5 Å². The van der Waals surface area contributed by atoms with Crippen molar-refractivity contribution in [1.82, 2.24) is 0 Å². The molecule has 72 valence electrons.